The summed E-state index contributed by atoms with van der Waals surface area (Å²) in [4.78, 5) is 14.2. The Morgan fingerprint density at radius 2 is 2.17 bits per heavy atom. The van der Waals surface area contributed by atoms with Gasteiger partial charge in [0.15, 0.2) is 0 Å². The van der Waals surface area contributed by atoms with Crippen LogP contribution in [0.15, 0.2) is 12.4 Å². The molecule has 0 radical (unpaired) electrons. The summed E-state index contributed by atoms with van der Waals surface area (Å²) in [5.41, 5.74) is 1.01. The molecule has 1 N–H and O–H groups in total. The number of ether oxygens (including phenoxy) is 1. The number of nitrogens with one attached hydrogen (secondary N) is 1. The predicted molar refractivity (Wildman–Crippen MR) is 67.7 cm³/mol. The summed E-state index contributed by atoms with van der Waals surface area (Å²) in [5.74, 6) is 0.372. The minimum atomic E-state index is -0.0445. The fourth-order valence-electron chi connectivity index (χ4n) is 2.66. The van der Waals surface area contributed by atoms with E-state index in [2.05, 4.69) is 17.1 Å². The van der Waals surface area contributed by atoms with Gasteiger partial charge < -0.3 is 9.64 Å². The zero-order valence-electron chi connectivity index (χ0n) is 11.4. The maximum atomic E-state index is 12.5. The topological polar surface area (TPSA) is 58.2 Å². The first kappa shape index (κ1) is 13.1. The van der Waals surface area contributed by atoms with Crippen LogP contribution >= 0.6 is 0 Å². The molecule has 0 bridgehead atoms. The van der Waals surface area contributed by atoms with E-state index in [1.54, 1.807) is 11.1 Å². The van der Waals surface area contributed by atoms with Crippen molar-refractivity contribution >= 4 is 5.91 Å². The maximum Gasteiger partial charge on any atom is 0.228 e. The lowest BCUT2D eigenvalue weighted by Gasteiger charge is -2.24. The molecule has 100 valence electrons. The number of amides is 1. The van der Waals surface area contributed by atoms with E-state index < -0.39 is 0 Å². The minimum Gasteiger partial charge on any atom is -0.374 e. The van der Waals surface area contributed by atoms with Crippen LogP contribution in [0.1, 0.15) is 26.3 Å². The zero-order chi connectivity index (χ0) is 13.3. The number of hydrogen-bond acceptors (Lipinski definition) is 3. The minimum absolute atomic E-state index is 0.00528. The summed E-state index contributed by atoms with van der Waals surface area (Å²) >= 11 is 0. The first-order valence-corrected chi connectivity index (χ1v) is 6.38. The van der Waals surface area contributed by atoms with Crippen molar-refractivity contribution in [1.82, 2.24) is 15.1 Å². The highest BCUT2D eigenvalue weighted by Crippen LogP contribution is 2.33. The molecular weight excluding hydrogens is 230 g/mol. The van der Waals surface area contributed by atoms with Crippen molar-refractivity contribution in [2.45, 2.75) is 39.5 Å². The van der Waals surface area contributed by atoms with Gasteiger partial charge in [0.05, 0.1) is 24.3 Å². The van der Waals surface area contributed by atoms with Crippen molar-refractivity contribution in [3.63, 3.8) is 0 Å². The molecule has 4 atom stereocenters. The molecule has 2 heterocycles. The van der Waals surface area contributed by atoms with E-state index in [0.717, 1.165) is 5.56 Å². The molecular formula is C13H21N3O2. The molecule has 0 saturated carbocycles. The van der Waals surface area contributed by atoms with Crippen LogP contribution in [0.4, 0.5) is 0 Å². The van der Waals surface area contributed by atoms with Gasteiger partial charge in [-0.15, -0.1) is 0 Å². The standard InChI is InChI=1S/C13H21N3O2/c1-8-9(2)18-10(3)12(8)13(17)16(4)7-11-5-14-15-6-11/h5-6,8-10,12H,7H2,1-4H3,(H,14,15). The highest BCUT2D eigenvalue weighted by atomic mass is 16.5. The lowest BCUT2D eigenvalue weighted by atomic mass is 9.88. The molecule has 4 unspecified atom stereocenters. The Balaban J connectivity index is 2.02. The molecule has 0 aliphatic carbocycles. The molecule has 0 spiro atoms. The molecule has 5 nitrogen and oxygen atoms in total. The third-order valence-electron chi connectivity index (χ3n) is 3.88. The smallest absolute Gasteiger partial charge is 0.228 e. The van der Waals surface area contributed by atoms with Gasteiger partial charge in [0, 0.05) is 25.4 Å². The van der Waals surface area contributed by atoms with Gasteiger partial charge in [0.1, 0.15) is 0 Å². The number of rotatable bonds is 3. The molecule has 1 aliphatic heterocycles. The summed E-state index contributed by atoms with van der Waals surface area (Å²) in [6.07, 6.45) is 3.69. The van der Waals surface area contributed by atoms with E-state index in [1.807, 2.05) is 27.1 Å². The predicted octanol–water partition coefficient (Wildman–Crippen LogP) is 1.43. The Morgan fingerprint density at radius 3 is 2.67 bits per heavy atom. The number of aromatic amines is 1. The monoisotopic (exact) mass is 251 g/mol. The number of hydrogen-bond donors (Lipinski definition) is 1. The van der Waals surface area contributed by atoms with Gasteiger partial charge in [0.2, 0.25) is 5.91 Å². The fourth-order valence-corrected chi connectivity index (χ4v) is 2.66. The van der Waals surface area contributed by atoms with E-state index in [0.29, 0.717) is 6.54 Å². The van der Waals surface area contributed by atoms with Crippen LogP contribution in [0.3, 0.4) is 0 Å². The largest absolute Gasteiger partial charge is 0.374 e. The summed E-state index contributed by atoms with van der Waals surface area (Å²) < 4.78 is 5.73. The molecule has 2 rings (SSSR count). The number of nitrogens with zero attached hydrogens (tertiary/aromatic N) is 2. The van der Waals surface area contributed by atoms with Crippen molar-refractivity contribution in [3.05, 3.63) is 18.0 Å². The van der Waals surface area contributed by atoms with Crippen LogP contribution in [0, 0.1) is 11.8 Å². The van der Waals surface area contributed by atoms with Crippen molar-refractivity contribution in [2.75, 3.05) is 7.05 Å². The second-order valence-electron chi connectivity index (χ2n) is 5.23. The van der Waals surface area contributed by atoms with Crippen LogP contribution in [0.2, 0.25) is 0 Å². The third-order valence-corrected chi connectivity index (χ3v) is 3.88. The van der Waals surface area contributed by atoms with Crippen molar-refractivity contribution in [2.24, 2.45) is 11.8 Å². The van der Waals surface area contributed by atoms with E-state index >= 15 is 0 Å². The number of carbonyl (C=O) groups is 1. The quantitative estimate of drug-likeness (QED) is 0.884. The van der Waals surface area contributed by atoms with Crippen LogP contribution in [0.5, 0.6) is 0 Å². The van der Waals surface area contributed by atoms with Gasteiger partial charge in [-0.3, -0.25) is 9.89 Å². The van der Waals surface area contributed by atoms with Gasteiger partial charge in [0.25, 0.3) is 0 Å². The molecule has 1 aromatic rings. The van der Waals surface area contributed by atoms with Crippen LogP contribution < -0.4 is 0 Å². The highest BCUT2D eigenvalue weighted by Gasteiger charge is 2.42. The van der Waals surface area contributed by atoms with Gasteiger partial charge in [-0.05, 0) is 19.8 Å². The number of aromatic nitrogens is 2. The average molecular weight is 251 g/mol. The second-order valence-corrected chi connectivity index (χ2v) is 5.23. The third kappa shape index (κ3) is 2.41. The lowest BCUT2D eigenvalue weighted by molar-refractivity contribution is -0.137. The average Bonchev–Trinajstić information content (AvgIpc) is 2.88. The first-order valence-electron chi connectivity index (χ1n) is 6.38. The Kier molecular flexibility index (Phi) is 3.71. The zero-order valence-corrected chi connectivity index (χ0v) is 11.4. The molecule has 18 heavy (non-hydrogen) atoms. The van der Waals surface area contributed by atoms with Gasteiger partial charge in [-0.2, -0.15) is 5.10 Å². The Labute approximate surface area is 108 Å². The summed E-state index contributed by atoms with van der Waals surface area (Å²) in [5, 5.41) is 6.64. The van der Waals surface area contributed by atoms with E-state index in [-0.39, 0.29) is 30.0 Å². The first-order chi connectivity index (χ1) is 8.50. The van der Waals surface area contributed by atoms with Crippen molar-refractivity contribution in [1.29, 1.82) is 0 Å². The summed E-state index contributed by atoms with van der Waals surface area (Å²) in [6.45, 7) is 6.68. The van der Waals surface area contributed by atoms with Gasteiger partial charge in [-0.1, -0.05) is 6.92 Å². The SMILES string of the molecule is CC1OC(C)C(C(=O)N(C)Cc2cn[nH]c2)C1C. The normalized spacial score (nSPS) is 31.6. The second kappa shape index (κ2) is 5.10. The molecule has 5 heteroatoms. The van der Waals surface area contributed by atoms with Crippen molar-refractivity contribution < 1.29 is 9.53 Å². The number of carbonyl (C=O) groups excluding carboxylic acids is 1. The van der Waals surface area contributed by atoms with Gasteiger partial charge in [-0.25, -0.2) is 0 Å². The molecule has 1 amide bonds. The molecule has 1 fully saturated rings. The highest BCUT2D eigenvalue weighted by molar-refractivity contribution is 5.79. The van der Waals surface area contributed by atoms with E-state index in [4.69, 9.17) is 4.74 Å². The fraction of sp³-hybridized carbons (Fsp3) is 0.692. The lowest BCUT2D eigenvalue weighted by Crippen LogP contribution is -2.38. The van der Waals surface area contributed by atoms with E-state index in [1.165, 1.54) is 0 Å². The Hall–Kier alpha value is -1.36. The van der Waals surface area contributed by atoms with Gasteiger partial charge >= 0.3 is 0 Å². The molecule has 1 saturated heterocycles. The van der Waals surface area contributed by atoms with Crippen LogP contribution in [0.25, 0.3) is 0 Å². The Morgan fingerprint density at radius 1 is 1.44 bits per heavy atom. The summed E-state index contributed by atoms with van der Waals surface area (Å²) in [7, 11) is 1.83. The number of H-pyrrole nitrogens is 1. The molecule has 0 aromatic carbocycles. The molecule has 1 aromatic heterocycles. The molecule has 1 aliphatic rings. The maximum absolute atomic E-state index is 12.5. The van der Waals surface area contributed by atoms with E-state index in [9.17, 15) is 4.79 Å². The summed E-state index contributed by atoms with van der Waals surface area (Å²) in [6, 6.07) is 0. The van der Waals surface area contributed by atoms with Crippen molar-refractivity contribution in [3.8, 4) is 0 Å². The van der Waals surface area contributed by atoms with Crippen LogP contribution in [-0.2, 0) is 16.1 Å². The van der Waals surface area contributed by atoms with Crippen LogP contribution in [-0.4, -0.2) is 40.3 Å². The Bertz CT molecular complexity index is 404.